The number of carbonyl (C=O) groups is 1. The normalized spacial score (nSPS) is 10.2. The van der Waals surface area contributed by atoms with Crippen LogP contribution in [0.25, 0.3) is 0 Å². The number of rotatable bonds is 6. The zero-order valence-corrected chi connectivity index (χ0v) is 12.7. The van der Waals surface area contributed by atoms with Crippen molar-refractivity contribution in [3.8, 4) is 11.5 Å². The van der Waals surface area contributed by atoms with E-state index < -0.39 is 0 Å². The molecule has 0 radical (unpaired) electrons. The van der Waals surface area contributed by atoms with Gasteiger partial charge in [-0.3, -0.25) is 4.79 Å². The number of methoxy groups -OCH3 is 1. The first-order valence-corrected chi connectivity index (χ1v) is 7.04. The highest BCUT2D eigenvalue weighted by atomic mass is 16.5. The average molecular weight is 284 g/mol. The van der Waals surface area contributed by atoms with E-state index in [4.69, 9.17) is 9.47 Å². The third kappa shape index (κ3) is 3.43. The van der Waals surface area contributed by atoms with Crippen molar-refractivity contribution in [1.82, 2.24) is 0 Å². The van der Waals surface area contributed by atoms with Crippen LogP contribution in [-0.4, -0.2) is 12.9 Å². The molecule has 0 atom stereocenters. The van der Waals surface area contributed by atoms with Crippen LogP contribution >= 0.6 is 0 Å². The van der Waals surface area contributed by atoms with Gasteiger partial charge in [-0.25, -0.2) is 0 Å². The molecule has 0 heterocycles. The Kier molecular flexibility index (Phi) is 4.99. The Morgan fingerprint density at radius 1 is 1.10 bits per heavy atom. The van der Waals surface area contributed by atoms with Gasteiger partial charge in [0.1, 0.15) is 18.1 Å². The molecule has 110 valence electrons. The zero-order valence-electron chi connectivity index (χ0n) is 12.7. The highest BCUT2D eigenvalue weighted by Gasteiger charge is 2.16. The molecule has 2 aromatic carbocycles. The van der Waals surface area contributed by atoms with Crippen LogP contribution in [0.4, 0.5) is 0 Å². The minimum absolute atomic E-state index is 0.0737. The molecule has 2 aromatic rings. The standard InChI is InChI=1S/C18H20O3/c1-4-16(19)15-10-11-17(13(2)18(15)20-3)21-12-14-8-6-5-7-9-14/h5-11H,4,12H2,1-3H3. The third-order valence-electron chi connectivity index (χ3n) is 3.42. The molecule has 0 aromatic heterocycles. The van der Waals surface area contributed by atoms with Gasteiger partial charge in [-0.15, -0.1) is 0 Å². The van der Waals surface area contributed by atoms with E-state index in [0.29, 0.717) is 24.3 Å². The fourth-order valence-corrected chi connectivity index (χ4v) is 2.24. The van der Waals surface area contributed by atoms with Crippen LogP contribution < -0.4 is 9.47 Å². The van der Waals surface area contributed by atoms with Gasteiger partial charge in [-0.05, 0) is 24.6 Å². The molecule has 0 aliphatic carbocycles. The van der Waals surface area contributed by atoms with E-state index in [1.165, 1.54) is 0 Å². The molecule has 3 heteroatoms. The second-order valence-electron chi connectivity index (χ2n) is 4.82. The van der Waals surface area contributed by atoms with Crippen LogP contribution in [0, 0.1) is 6.92 Å². The molecule has 0 amide bonds. The summed E-state index contributed by atoms with van der Waals surface area (Å²) in [7, 11) is 1.58. The van der Waals surface area contributed by atoms with Gasteiger partial charge in [0.15, 0.2) is 5.78 Å². The maximum absolute atomic E-state index is 11.9. The van der Waals surface area contributed by atoms with Crippen molar-refractivity contribution in [1.29, 1.82) is 0 Å². The molecular formula is C18H20O3. The summed E-state index contributed by atoms with van der Waals surface area (Å²) in [5.41, 5.74) is 2.57. The van der Waals surface area contributed by atoms with Crippen molar-refractivity contribution in [3.63, 3.8) is 0 Å². The molecular weight excluding hydrogens is 264 g/mol. The monoisotopic (exact) mass is 284 g/mol. The summed E-state index contributed by atoms with van der Waals surface area (Å²) in [6.07, 6.45) is 0.458. The average Bonchev–Trinajstić information content (AvgIpc) is 2.53. The Balaban J connectivity index is 2.23. The minimum atomic E-state index is 0.0737. The quantitative estimate of drug-likeness (QED) is 0.747. The molecule has 21 heavy (non-hydrogen) atoms. The number of Topliss-reactive ketones (excluding diaryl/α,β-unsaturated/α-hetero) is 1. The maximum Gasteiger partial charge on any atom is 0.166 e. The van der Waals surface area contributed by atoms with Crippen molar-refractivity contribution in [3.05, 3.63) is 59.2 Å². The Morgan fingerprint density at radius 3 is 2.43 bits per heavy atom. The number of carbonyl (C=O) groups excluding carboxylic acids is 1. The van der Waals surface area contributed by atoms with E-state index in [9.17, 15) is 4.79 Å². The van der Waals surface area contributed by atoms with Gasteiger partial charge in [0, 0.05) is 12.0 Å². The molecule has 2 rings (SSSR count). The Hall–Kier alpha value is -2.29. The maximum atomic E-state index is 11.9. The van der Waals surface area contributed by atoms with Gasteiger partial charge >= 0.3 is 0 Å². The third-order valence-corrected chi connectivity index (χ3v) is 3.42. The van der Waals surface area contributed by atoms with Crippen molar-refractivity contribution in [2.24, 2.45) is 0 Å². The number of ether oxygens (including phenoxy) is 2. The van der Waals surface area contributed by atoms with E-state index in [-0.39, 0.29) is 5.78 Å². The SMILES string of the molecule is CCC(=O)c1ccc(OCc2ccccc2)c(C)c1OC. The summed E-state index contributed by atoms with van der Waals surface area (Å²) in [6.45, 7) is 4.24. The zero-order chi connectivity index (χ0) is 15.2. The molecule has 3 nitrogen and oxygen atoms in total. The fourth-order valence-electron chi connectivity index (χ4n) is 2.24. The predicted molar refractivity (Wildman–Crippen MR) is 83.1 cm³/mol. The van der Waals surface area contributed by atoms with Gasteiger partial charge in [0.05, 0.1) is 12.7 Å². The van der Waals surface area contributed by atoms with Crippen LogP contribution in [0.2, 0.25) is 0 Å². The molecule has 0 aliphatic heterocycles. The molecule has 0 saturated carbocycles. The van der Waals surface area contributed by atoms with Crippen LogP contribution in [0.1, 0.15) is 34.8 Å². The summed E-state index contributed by atoms with van der Waals surface area (Å²) in [5.74, 6) is 1.42. The Bertz CT molecular complexity index is 618. The largest absolute Gasteiger partial charge is 0.496 e. The molecule has 0 bridgehead atoms. The van der Waals surface area contributed by atoms with Crippen LogP contribution in [0.3, 0.4) is 0 Å². The number of ketones is 1. The summed E-state index contributed by atoms with van der Waals surface area (Å²) >= 11 is 0. The topological polar surface area (TPSA) is 35.5 Å². The fraction of sp³-hybridized carbons (Fsp3) is 0.278. The molecule has 0 spiro atoms. The highest BCUT2D eigenvalue weighted by molar-refractivity contribution is 5.99. The van der Waals surface area contributed by atoms with Crippen LogP contribution in [0.5, 0.6) is 11.5 Å². The number of hydrogen-bond donors (Lipinski definition) is 0. The smallest absolute Gasteiger partial charge is 0.166 e. The summed E-state index contributed by atoms with van der Waals surface area (Å²) in [4.78, 5) is 11.9. The van der Waals surface area contributed by atoms with E-state index in [1.807, 2.05) is 50.2 Å². The predicted octanol–water partition coefficient (Wildman–Crippen LogP) is 4.18. The van der Waals surface area contributed by atoms with Gasteiger partial charge in [0.2, 0.25) is 0 Å². The van der Waals surface area contributed by atoms with E-state index >= 15 is 0 Å². The van der Waals surface area contributed by atoms with E-state index in [1.54, 1.807) is 13.2 Å². The summed E-state index contributed by atoms with van der Waals surface area (Å²) in [5, 5.41) is 0. The first-order chi connectivity index (χ1) is 10.2. The molecule has 0 unspecified atom stereocenters. The lowest BCUT2D eigenvalue weighted by Gasteiger charge is -2.15. The van der Waals surface area contributed by atoms with Crippen molar-refractivity contribution in [2.75, 3.05) is 7.11 Å². The number of benzene rings is 2. The molecule has 0 saturated heterocycles. The second-order valence-corrected chi connectivity index (χ2v) is 4.82. The summed E-state index contributed by atoms with van der Waals surface area (Å²) < 4.78 is 11.2. The molecule has 0 fully saturated rings. The Morgan fingerprint density at radius 2 is 1.81 bits per heavy atom. The van der Waals surface area contributed by atoms with Crippen LogP contribution in [-0.2, 0) is 6.61 Å². The van der Waals surface area contributed by atoms with Crippen molar-refractivity contribution in [2.45, 2.75) is 26.9 Å². The van der Waals surface area contributed by atoms with Crippen molar-refractivity contribution >= 4 is 5.78 Å². The van der Waals surface area contributed by atoms with E-state index in [0.717, 1.165) is 16.9 Å². The first-order valence-electron chi connectivity index (χ1n) is 7.04. The first kappa shape index (κ1) is 15.1. The lowest BCUT2D eigenvalue weighted by Crippen LogP contribution is -2.04. The number of hydrogen-bond acceptors (Lipinski definition) is 3. The summed E-state index contributed by atoms with van der Waals surface area (Å²) in [6, 6.07) is 13.6. The molecule has 0 N–H and O–H groups in total. The lowest BCUT2D eigenvalue weighted by atomic mass is 10.0. The highest BCUT2D eigenvalue weighted by Crippen LogP contribution is 2.32. The van der Waals surface area contributed by atoms with Gasteiger partial charge in [-0.2, -0.15) is 0 Å². The Labute approximate surface area is 125 Å². The van der Waals surface area contributed by atoms with Gasteiger partial charge in [0.25, 0.3) is 0 Å². The van der Waals surface area contributed by atoms with E-state index in [2.05, 4.69) is 0 Å². The van der Waals surface area contributed by atoms with Gasteiger partial charge < -0.3 is 9.47 Å². The molecule has 0 aliphatic rings. The van der Waals surface area contributed by atoms with Crippen LogP contribution in [0.15, 0.2) is 42.5 Å². The lowest BCUT2D eigenvalue weighted by molar-refractivity contribution is 0.0985. The second kappa shape index (κ2) is 6.93. The minimum Gasteiger partial charge on any atom is -0.496 e. The van der Waals surface area contributed by atoms with Crippen molar-refractivity contribution < 1.29 is 14.3 Å². The van der Waals surface area contributed by atoms with Gasteiger partial charge in [-0.1, -0.05) is 37.3 Å².